The van der Waals surface area contributed by atoms with Crippen molar-refractivity contribution in [3.63, 3.8) is 0 Å². The van der Waals surface area contributed by atoms with Crippen LogP contribution in [0.15, 0.2) is 134 Å². The maximum atomic E-state index is 4.92. The van der Waals surface area contributed by atoms with Crippen molar-refractivity contribution in [1.29, 1.82) is 0 Å². The quantitative estimate of drug-likeness (QED) is 0.235. The smallest absolute Gasteiger partial charge is 0.164 e. The summed E-state index contributed by atoms with van der Waals surface area (Å²) in [4.78, 5) is 19.4. The van der Waals surface area contributed by atoms with E-state index in [1.807, 2.05) is 48.7 Å². The first-order valence-electron chi connectivity index (χ1n) is 12.6. The minimum atomic E-state index is 0.623. The van der Waals surface area contributed by atoms with Crippen molar-refractivity contribution in [3.05, 3.63) is 134 Å². The van der Waals surface area contributed by atoms with Gasteiger partial charge in [0.15, 0.2) is 17.5 Å². The average molecular weight is 487 g/mol. The molecule has 0 radical (unpaired) electrons. The molecule has 0 atom stereocenters. The summed E-state index contributed by atoms with van der Waals surface area (Å²) in [6.45, 7) is 0. The summed E-state index contributed by atoms with van der Waals surface area (Å²) in [6.07, 6.45) is 1.92. The molecule has 7 rings (SSSR count). The van der Waals surface area contributed by atoms with Gasteiger partial charge < -0.3 is 0 Å². The van der Waals surface area contributed by atoms with E-state index in [2.05, 4.69) is 84.9 Å². The van der Waals surface area contributed by atoms with E-state index >= 15 is 0 Å². The number of fused-ring (bicyclic) bond motifs is 3. The lowest BCUT2D eigenvalue weighted by Crippen LogP contribution is -2.00. The highest BCUT2D eigenvalue weighted by atomic mass is 15.0. The third kappa shape index (κ3) is 4.08. The van der Waals surface area contributed by atoms with Crippen LogP contribution in [0.4, 0.5) is 0 Å². The summed E-state index contributed by atoms with van der Waals surface area (Å²) in [5.74, 6) is 1.90. The number of benzene rings is 5. The Morgan fingerprint density at radius 2 is 0.868 bits per heavy atom. The fourth-order valence-corrected chi connectivity index (χ4v) is 4.79. The van der Waals surface area contributed by atoms with Crippen LogP contribution in [0.3, 0.4) is 0 Å². The minimum Gasteiger partial charge on any atom is -0.256 e. The molecule has 0 aliphatic heterocycles. The monoisotopic (exact) mass is 486 g/mol. The molecule has 0 amide bonds. The third-order valence-corrected chi connectivity index (χ3v) is 6.77. The molecule has 0 N–H and O–H groups in total. The highest BCUT2D eigenvalue weighted by Gasteiger charge is 2.13. The molecule has 0 unspecified atom stereocenters. The predicted molar refractivity (Wildman–Crippen MR) is 154 cm³/mol. The number of hydrogen-bond donors (Lipinski definition) is 0. The summed E-state index contributed by atoms with van der Waals surface area (Å²) < 4.78 is 0. The summed E-state index contributed by atoms with van der Waals surface area (Å²) in [5.41, 5.74) is 6.04. The van der Waals surface area contributed by atoms with Crippen molar-refractivity contribution in [2.24, 2.45) is 0 Å². The van der Waals surface area contributed by atoms with Crippen LogP contribution in [0, 0.1) is 0 Å². The van der Waals surface area contributed by atoms with Crippen molar-refractivity contribution in [2.45, 2.75) is 0 Å². The van der Waals surface area contributed by atoms with Crippen LogP contribution in [-0.4, -0.2) is 19.9 Å². The lowest BCUT2D eigenvalue weighted by molar-refractivity contribution is 1.07. The number of hydrogen-bond acceptors (Lipinski definition) is 4. The van der Waals surface area contributed by atoms with Gasteiger partial charge in [-0.15, -0.1) is 0 Å². The molecule has 0 saturated carbocycles. The molecule has 4 nitrogen and oxygen atoms in total. The van der Waals surface area contributed by atoms with E-state index in [4.69, 9.17) is 19.9 Å². The Balaban J connectivity index is 1.36. The van der Waals surface area contributed by atoms with E-state index in [0.29, 0.717) is 17.5 Å². The summed E-state index contributed by atoms with van der Waals surface area (Å²) in [7, 11) is 0. The molecule has 2 heterocycles. The van der Waals surface area contributed by atoms with Crippen molar-refractivity contribution < 1.29 is 0 Å². The summed E-state index contributed by atoms with van der Waals surface area (Å²) in [5, 5.41) is 3.42. The first-order chi connectivity index (χ1) is 18.8. The zero-order valence-corrected chi connectivity index (χ0v) is 20.5. The van der Waals surface area contributed by atoms with Gasteiger partial charge in [-0.05, 0) is 22.6 Å². The fraction of sp³-hybridized carbons (Fsp3) is 0. The largest absolute Gasteiger partial charge is 0.256 e. The second-order valence-electron chi connectivity index (χ2n) is 9.19. The van der Waals surface area contributed by atoms with E-state index in [9.17, 15) is 0 Å². The molecular formula is C34H22N4. The van der Waals surface area contributed by atoms with E-state index in [0.717, 1.165) is 38.5 Å². The van der Waals surface area contributed by atoms with E-state index in [-0.39, 0.29) is 0 Å². The predicted octanol–water partition coefficient (Wildman–Crippen LogP) is 8.24. The normalized spacial score (nSPS) is 11.2. The first kappa shape index (κ1) is 22.0. The van der Waals surface area contributed by atoms with Gasteiger partial charge in [0, 0.05) is 33.7 Å². The highest BCUT2D eigenvalue weighted by molar-refractivity contribution is 6.06. The molecule has 0 aliphatic rings. The van der Waals surface area contributed by atoms with E-state index in [1.165, 1.54) is 10.9 Å². The fourth-order valence-electron chi connectivity index (χ4n) is 4.79. The molecule has 7 aromatic rings. The van der Waals surface area contributed by atoms with Crippen molar-refractivity contribution in [1.82, 2.24) is 19.9 Å². The lowest BCUT2D eigenvalue weighted by Gasteiger charge is -2.10. The highest BCUT2D eigenvalue weighted by Crippen LogP contribution is 2.30. The summed E-state index contributed by atoms with van der Waals surface area (Å²) in [6, 6.07) is 43.3. The number of nitrogens with zero attached hydrogens (tertiary/aromatic N) is 4. The molecule has 178 valence electrons. The van der Waals surface area contributed by atoms with Gasteiger partial charge in [0.1, 0.15) is 0 Å². The Kier molecular flexibility index (Phi) is 5.41. The average Bonchev–Trinajstić information content (AvgIpc) is 3.01. The van der Waals surface area contributed by atoms with Crippen LogP contribution in [0.1, 0.15) is 0 Å². The number of rotatable bonds is 4. The SMILES string of the molecule is c1ccc(-c2ccc(-c3nc(-c4ccccc4)nc(-c4ccc5c(c4)ncc4ccccc45)n3)cc2)cc1. The van der Waals surface area contributed by atoms with E-state index in [1.54, 1.807) is 0 Å². The van der Waals surface area contributed by atoms with Gasteiger partial charge in [0.05, 0.1) is 5.52 Å². The number of aromatic nitrogens is 4. The first-order valence-corrected chi connectivity index (χ1v) is 12.6. The summed E-state index contributed by atoms with van der Waals surface area (Å²) >= 11 is 0. The van der Waals surface area contributed by atoms with Crippen LogP contribution >= 0.6 is 0 Å². The Labute approximate surface area is 220 Å². The van der Waals surface area contributed by atoms with Crippen LogP contribution in [0.2, 0.25) is 0 Å². The van der Waals surface area contributed by atoms with Crippen LogP contribution < -0.4 is 0 Å². The van der Waals surface area contributed by atoms with Gasteiger partial charge >= 0.3 is 0 Å². The second-order valence-corrected chi connectivity index (χ2v) is 9.19. The van der Waals surface area contributed by atoms with Gasteiger partial charge in [-0.2, -0.15) is 0 Å². The molecule has 0 fully saturated rings. The van der Waals surface area contributed by atoms with Crippen LogP contribution in [0.5, 0.6) is 0 Å². The van der Waals surface area contributed by atoms with Gasteiger partial charge in [-0.25, -0.2) is 15.0 Å². The van der Waals surface area contributed by atoms with Gasteiger partial charge in [0.25, 0.3) is 0 Å². The molecule has 38 heavy (non-hydrogen) atoms. The maximum Gasteiger partial charge on any atom is 0.164 e. The topological polar surface area (TPSA) is 51.6 Å². The maximum absolute atomic E-state index is 4.92. The zero-order valence-electron chi connectivity index (χ0n) is 20.5. The lowest BCUT2D eigenvalue weighted by atomic mass is 10.0. The van der Waals surface area contributed by atoms with Gasteiger partial charge in [-0.3, -0.25) is 4.98 Å². The molecule has 5 aromatic carbocycles. The van der Waals surface area contributed by atoms with Crippen LogP contribution in [-0.2, 0) is 0 Å². The molecule has 0 spiro atoms. The van der Waals surface area contributed by atoms with Gasteiger partial charge in [-0.1, -0.05) is 121 Å². The molecule has 0 bridgehead atoms. The molecular weight excluding hydrogens is 464 g/mol. The van der Waals surface area contributed by atoms with Crippen molar-refractivity contribution >= 4 is 21.7 Å². The van der Waals surface area contributed by atoms with Crippen LogP contribution in [0.25, 0.3) is 67.0 Å². The number of pyridine rings is 1. The standard InChI is InChI=1S/C34H22N4/c1-3-9-23(10-4-1)24-15-17-26(18-16-24)33-36-32(25-11-5-2-6-12-25)37-34(38-33)27-19-20-30-29-14-8-7-13-28(29)22-35-31(30)21-27/h1-22H. The third-order valence-electron chi connectivity index (χ3n) is 6.77. The van der Waals surface area contributed by atoms with Crippen molar-refractivity contribution in [3.8, 4) is 45.3 Å². The van der Waals surface area contributed by atoms with Crippen molar-refractivity contribution in [2.75, 3.05) is 0 Å². The minimum absolute atomic E-state index is 0.623. The molecule has 4 heteroatoms. The molecule has 0 saturated heterocycles. The Morgan fingerprint density at radius 1 is 0.368 bits per heavy atom. The van der Waals surface area contributed by atoms with E-state index < -0.39 is 0 Å². The van der Waals surface area contributed by atoms with Gasteiger partial charge in [0.2, 0.25) is 0 Å². The Morgan fingerprint density at radius 3 is 1.58 bits per heavy atom. The molecule has 0 aliphatic carbocycles. The zero-order chi connectivity index (χ0) is 25.3. The Hall–Kier alpha value is -5.22. The Bertz CT molecular complexity index is 1900. The second kappa shape index (κ2) is 9.34. The molecule has 2 aromatic heterocycles.